The highest BCUT2D eigenvalue weighted by molar-refractivity contribution is 7.19. The van der Waals surface area contributed by atoms with Gasteiger partial charge < -0.3 is 39.0 Å². The molecule has 0 bridgehead atoms. The van der Waals surface area contributed by atoms with Crippen LogP contribution >= 0.6 is 22.7 Å². The van der Waals surface area contributed by atoms with Crippen LogP contribution in [-0.2, 0) is 22.5 Å². The average Bonchev–Trinajstić information content (AvgIpc) is 3.83. The monoisotopic (exact) mass is 792 g/mol. The molecule has 0 atom stereocenters. The lowest BCUT2D eigenvalue weighted by Gasteiger charge is -2.33. The number of aliphatic hydroxyl groups is 2. The van der Waals surface area contributed by atoms with E-state index in [1.165, 1.54) is 22.7 Å². The molecule has 0 spiro atoms. The van der Waals surface area contributed by atoms with Crippen molar-refractivity contribution < 1.29 is 39.0 Å². The minimum absolute atomic E-state index is 0.0451. The maximum Gasteiger partial charge on any atom is 0.493 e. The van der Waals surface area contributed by atoms with Crippen molar-refractivity contribution in [2.75, 3.05) is 26.4 Å². The van der Waals surface area contributed by atoms with Gasteiger partial charge in [0.05, 0.1) is 33.6 Å². The highest BCUT2D eigenvalue weighted by atomic mass is 32.1. The van der Waals surface area contributed by atoms with Crippen molar-refractivity contribution in [2.24, 2.45) is 10.8 Å². The second kappa shape index (κ2) is 19.3. The van der Waals surface area contributed by atoms with Crippen molar-refractivity contribution >= 4 is 68.3 Å². The third-order valence-electron chi connectivity index (χ3n) is 8.36. The highest BCUT2D eigenvalue weighted by Gasteiger charge is 2.33. The predicted octanol–water partition coefficient (Wildman–Crippen LogP) is 4.94. The van der Waals surface area contributed by atoms with Crippen LogP contribution in [0.5, 0.6) is 11.5 Å². The molecule has 4 N–H and O–H groups in total. The number of nitrogens with zero attached hydrogens (tertiary/aromatic N) is 4. The summed E-state index contributed by atoms with van der Waals surface area (Å²) in [4.78, 5) is 8.40. The summed E-state index contributed by atoms with van der Waals surface area (Å²) in [5.41, 5.74) is 4.82. The number of fused-ring (bicyclic) bond motifs is 2. The fraction of sp³-hybridized carbons (Fsp3) is 0.300. The molecule has 0 amide bonds. The minimum Gasteiger partial charge on any atom is -0.489 e. The molecule has 0 aliphatic carbocycles. The van der Waals surface area contributed by atoms with Crippen molar-refractivity contribution in [1.82, 2.24) is 9.97 Å². The van der Waals surface area contributed by atoms with Gasteiger partial charge in [-0.25, -0.2) is 9.97 Å². The summed E-state index contributed by atoms with van der Waals surface area (Å²) >= 11 is 2.70. The second-order valence-electron chi connectivity index (χ2n) is 14.6. The SMILES string of the molecule is CC(C)(CO)CO.CC1(C)COB(c2ccc(COc3ccc4nc(C#N)sc4c3)cc2)OC1.N#Cc1nc2ccc(OCc3ccc(B(O)O)cc3)cc2s1. The Balaban J connectivity index is 0.000000186. The summed E-state index contributed by atoms with van der Waals surface area (Å²) in [6, 6.07) is 30.3. The summed E-state index contributed by atoms with van der Waals surface area (Å²) in [5, 5.41) is 53.7. The highest BCUT2D eigenvalue weighted by Crippen LogP contribution is 2.28. The van der Waals surface area contributed by atoms with Gasteiger partial charge in [-0.15, -0.1) is 22.7 Å². The van der Waals surface area contributed by atoms with Gasteiger partial charge in [0.1, 0.15) is 36.9 Å². The van der Waals surface area contributed by atoms with E-state index >= 15 is 0 Å². The Kier molecular flexibility index (Phi) is 14.6. The van der Waals surface area contributed by atoms with Gasteiger partial charge in [-0.3, -0.25) is 0 Å². The van der Waals surface area contributed by atoms with Gasteiger partial charge in [0.2, 0.25) is 0 Å². The number of aliphatic hydroxyl groups excluding tert-OH is 2. The van der Waals surface area contributed by atoms with Gasteiger partial charge in [0.25, 0.3) is 0 Å². The average molecular weight is 793 g/mol. The largest absolute Gasteiger partial charge is 0.493 e. The second-order valence-corrected chi connectivity index (χ2v) is 16.6. The third kappa shape index (κ3) is 12.1. The molecular formula is C40H42B2N4O8S2. The lowest BCUT2D eigenvalue weighted by atomic mass is 9.76. The first-order chi connectivity index (χ1) is 26.8. The number of nitriles is 2. The van der Waals surface area contributed by atoms with Gasteiger partial charge in [0, 0.05) is 24.0 Å². The maximum absolute atomic E-state index is 9.04. The molecule has 6 aromatic rings. The Hall–Kier alpha value is -4.87. The Morgan fingerprint density at radius 3 is 1.59 bits per heavy atom. The molecule has 1 saturated heterocycles. The first-order valence-electron chi connectivity index (χ1n) is 17.7. The number of benzene rings is 4. The van der Waals surface area contributed by atoms with E-state index in [0.29, 0.717) is 47.7 Å². The molecule has 7 rings (SSSR count). The summed E-state index contributed by atoms with van der Waals surface area (Å²) in [6.45, 7) is 10.2. The summed E-state index contributed by atoms with van der Waals surface area (Å²) in [7, 11) is -1.76. The number of hydrogen-bond acceptors (Lipinski definition) is 14. The molecular weight excluding hydrogens is 750 g/mol. The van der Waals surface area contributed by atoms with Gasteiger partial charge in [-0.1, -0.05) is 76.2 Å². The zero-order valence-corrected chi connectivity index (χ0v) is 33.1. The smallest absolute Gasteiger partial charge is 0.489 e. The lowest BCUT2D eigenvalue weighted by molar-refractivity contribution is 0.0343. The van der Waals surface area contributed by atoms with Crippen LogP contribution in [0, 0.1) is 33.5 Å². The zero-order chi connectivity index (χ0) is 40.3. The molecule has 1 aliphatic rings. The third-order valence-corrected chi connectivity index (χ3v) is 10.2. The van der Waals surface area contributed by atoms with Crippen LogP contribution < -0.4 is 20.4 Å². The summed E-state index contributed by atoms with van der Waals surface area (Å²) in [5.74, 6) is 1.47. The summed E-state index contributed by atoms with van der Waals surface area (Å²) < 4.78 is 25.1. The zero-order valence-electron chi connectivity index (χ0n) is 31.5. The van der Waals surface area contributed by atoms with Crippen LogP contribution in [0.4, 0.5) is 0 Å². The van der Waals surface area contributed by atoms with Crippen LogP contribution in [0.15, 0.2) is 84.9 Å². The van der Waals surface area contributed by atoms with Crippen molar-refractivity contribution in [3.8, 4) is 23.6 Å². The van der Waals surface area contributed by atoms with Crippen molar-refractivity contribution in [2.45, 2.75) is 40.9 Å². The number of rotatable bonds is 10. The van der Waals surface area contributed by atoms with E-state index in [1.54, 1.807) is 38.1 Å². The molecule has 16 heteroatoms. The Morgan fingerprint density at radius 1 is 0.750 bits per heavy atom. The number of hydrogen-bond donors (Lipinski definition) is 4. The molecule has 3 heterocycles. The van der Waals surface area contributed by atoms with E-state index < -0.39 is 7.12 Å². The number of ether oxygens (including phenoxy) is 2. The van der Waals surface area contributed by atoms with Crippen LogP contribution in [0.2, 0.25) is 0 Å². The molecule has 12 nitrogen and oxygen atoms in total. The van der Waals surface area contributed by atoms with Crippen LogP contribution in [0.3, 0.4) is 0 Å². The van der Waals surface area contributed by atoms with E-state index in [2.05, 4.69) is 29.9 Å². The lowest BCUT2D eigenvalue weighted by Crippen LogP contribution is -2.47. The number of thiazole rings is 2. The molecule has 0 unspecified atom stereocenters. The van der Waals surface area contributed by atoms with Gasteiger partial charge in [-0.05, 0) is 58.5 Å². The molecule has 4 aromatic carbocycles. The normalized spacial score (nSPS) is 13.4. The van der Waals surface area contributed by atoms with Crippen LogP contribution in [0.1, 0.15) is 48.8 Å². The molecule has 0 radical (unpaired) electrons. The molecule has 2 aromatic heterocycles. The molecule has 1 aliphatic heterocycles. The predicted molar refractivity (Wildman–Crippen MR) is 219 cm³/mol. The van der Waals surface area contributed by atoms with Gasteiger partial charge >= 0.3 is 14.2 Å². The fourth-order valence-electron chi connectivity index (χ4n) is 4.91. The van der Waals surface area contributed by atoms with E-state index in [0.717, 1.165) is 42.8 Å². The van der Waals surface area contributed by atoms with Crippen molar-refractivity contribution in [3.63, 3.8) is 0 Å². The maximum atomic E-state index is 9.04. The Labute approximate surface area is 334 Å². The van der Waals surface area contributed by atoms with Crippen LogP contribution in [0.25, 0.3) is 20.4 Å². The fourth-order valence-corrected chi connectivity index (χ4v) is 6.49. The molecule has 1 fully saturated rings. The number of aromatic nitrogens is 2. The first-order valence-corrected chi connectivity index (χ1v) is 19.3. The van der Waals surface area contributed by atoms with Crippen LogP contribution in [-0.4, -0.2) is 70.9 Å². The Morgan fingerprint density at radius 2 is 1.20 bits per heavy atom. The minimum atomic E-state index is -1.46. The molecule has 0 saturated carbocycles. The van der Waals surface area contributed by atoms with E-state index in [4.69, 9.17) is 49.6 Å². The van der Waals surface area contributed by atoms with E-state index in [9.17, 15) is 0 Å². The standard InChI is InChI=1S/C20H19BN2O3S.C15H11BN2O3S.C5H12O2/c1-20(2)12-25-21(26-13-20)15-5-3-14(4-6-15)11-24-16-7-8-17-18(9-16)27-19(10-22)23-17;17-8-15-18-13-6-5-12(7-14(13)22-15)21-9-10-1-3-11(4-2-10)16(19)20;1-5(2,3-6)4-7/h3-9H,11-13H2,1-2H3;1-7,19-20H,9H2;6-7H,3-4H2,1-2H3. The van der Waals surface area contributed by atoms with Crippen molar-refractivity contribution in [1.29, 1.82) is 10.5 Å². The van der Waals surface area contributed by atoms with Crippen molar-refractivity contribution in [3.05, 3.63) is 106 Å². The first kappa shape index (κ1) is 42.3. The summed E-state index contributed by atoms with van der Waals surface area (Å²) in [6.07, 6.45) is 0. The van der Waals surface area contributed by atoms with Gasteiger partial charge in [0.15, 0.2) is 10.0 Å². The van der Waals surface area contributed by atoms with Gasteiger partial charge in [-0.2, -0.15) is 10.5 Å². The molecule has 288 valence electrons. The topological polar surface area (TPSA) is 191 Å². The molecule has 56 heavy (non-hydrogen) atoms. The van der Waals surface area contributed by atoms with E-state index in [-0.39, 0.29) is 31.2 Å². The van der Waals surface area contributed by atoms with E-state index in [1.807, 2.05) is 66.7 Å². The Bertz CT molecular complexity index is 2270. The quantitative estimate of drug-likeness (QED) is 0.137.